The number of hydrogen-bond donors (Lipinski definition) is 3. The molecule has 1 heterocycles. The van der Waals surface area contributed by atoms with E-state index in [0.29, 0.717) is 5.69 Å². The molecule has 11 heteroatoms. The molecule has 0 radical (unpaired) electrons. The SMILES string of the molecule is CSc1ccccc1NC(=O)CN(C)CC(=O)N(C)c1c(N)n(Cc2ccccc2)c(=O)[nH]c1=O. The Morgan fingerprint density at radius 1 is 1.03 bits per heavy atom. The first-order chi connectivity index (χ1) is 16.7. The molecule has 3 rings (SSSR count). The van der Waals surface area contributed by atoms with Crippen molar-refractivity contribution >= 4 is 40.8 Å². The van der Waals surface area contributed by atoms with Crippen LogP contribution in [0.15, 0.2) is 69.1 Å². The van der Waals surface area contributed by atoms with Crippen LogP contribution in [0.4, 0.5) is 17.2 Å². The molecule has 0 saturated carbocycles. The fraction of sp³-hybridized carbons (Fsp3) is 0.250. The van der Waals surface area contributed by atoms with Gasteiger partial charge in [-0.25, -0.2) is 4.79 Å². The highest BCUT2D eigenvalue weighted by Gasteiger charge is 2.22. The Kier molecular flexibility index (Phi) is 8.50. The number of hydrogen-bond acceptors (Lipinski definition) is 7. The van der Waals surface area contributed by atoms with E-state index in [9.17, 15) is 19.2 Å². The molecule has 0 spiro atoms. The van der Waals surface area contributed by atoms with Crippen LogP contribution in [-0.4, -0.2) is 59.7 Å². The lowest BCUT2D eigenvalue weighted by molar-refractivity contribution is -0.120. The van der Waals surface area contributed by atoms with E-state index in [1.54, 1.807) is 7.05 Å². The van der Waals surface area contributed by atoms with Gasteiger partial charge in [0.2, 0.25) is 11.8 Å². The number of amides is 2. The highest BCUT2D eigenvalue weighted by molar-refractivity contribution is 7.98. The maximum absolute atomic E-state index is 12.9. The zero-order chi connectivity index (χ0) is 25.5. The fourth-order valence-corrected chi connectivity index (χ4v) is 4.08. The van der Waals surface area contributed by atoms with E-state index in [1.807, 2.05) is 60.9 Å². The number of aromatic nitrogens is 2. The maximum Gasteiger partial charge on any atom is 0.330 e. The molecule has 0 unspecified atom stereocenters. The summed E-state index contributed by atoms with van der Waals surface area (Å²) in [6.45, 7) is -0.0542. The molecule has 0 bridgehead atoms. The van der Waals surface area contributed by atoms with Gasteiger partial charge in [0.25, 0.3) is 5.56 Å². The number of nitrogen functional groups attached to an aromatic ring is 1. The second-order valence-electron chi connectivity index (χ2n) is 7.94. The summed E-state index contributed by atoms with van der Waals surface area (Å²) in [6, 6.07) is 16.6. The minimum atomic E-state index is -0.762. The van der Waals surface area contributed by atoms with Crippen molar-refractivity contribution in [1.29, 1.82) is 0 Å². The van der Waals surface area contributed by atoms with Crippen molar-refractivity contribution in [1.82, 2.24) is 14.5 Å². The van der Waals surface area contributed by atoms with Gasteiger partial charge in [-0.05, 0) is 31.0 Å². The van der Waals surface area contributed by atoms with Crippen LogP contribution in [0.3, 0.4) is 0 Å². The Balaban J connectivity index is 1.71. The van der Waals surface area contributed by atoms with Crippen molar-refractivity contribution in [2.24, 2.45) is 0 Å². The zero-order valence-electron chi connectivity index (χ0n) is 19.8. The second kappa shape index (κ2) is 11.5. The normalized spacial score (nSPS) is 10.9. The highest BCUT2D eigenvalue weighted by Crippen LogP contribution is 2.24. The molecular weight excluding hydrogens is 468 g/mol. The van der Waals surface area contributed by atoms with E-state index < -0.39 is 17.2 Å². The Hall–Kier alpha value is -3.83. The van der Waals surface area contributed by atoms with Crippen LogP contribution in [-0.2, 0) is 16.1 Å². The first-order valence-electron chi connectivity index (χ1n) is 10.8. The average Bonchev–Trinajstić information content (AvgIpc) is 2.82. The zero-order valence-corrected chi connectivity index (χ0v) is 20.6. The molecule has 4 N–H and O–H groups in total. The Bertz CT molecular complexity index is 1320. The van der Waals surface area contributed by atoms with Gasteiger partial charge < -0.3 is 16.0 Å². The predicted octanol–water partition coefficient (Wildman–Crippen LogP) is 1.42. The summed E-state index contributed by atoms with van der Waals surface area (Å²) in [7, 11) is 3.03. The van der Waals surface area contributed by atoms with Crippen molar-refractivity contribution in [3.05, 3.63) is 81.0 Å². The molecule has 3 aromatic rings. The van der Waals surface area contributed by atoms with Crippen LogP contribution in [0.5, 0.6) is 0 Å². The lowest BCUT2D eigenvalue weighted by Crippen LogP contribution is -2.44. The number of benzene rings is 2. The Labute approximate surface area is 206 Å². The molecule has 0 aliphatic rings. The number of thioether (sulfide) groups is 1. The number of likely N-dealkylation sites (N-methyl/N-ethyl adjacent to an activating group) is 2. The average molecular weight is 497 g/mol. The minimum Gasteiger partial charge on any atom is -0.383 e. The van der Waals surface area contributed by atoms with E-state index in [4.69, 9.17) is 5.73 Å². The van der Waals surface area contributed by atoms with Gasteiger partial charge in [-0.15, -0.1) is 11.8 Å². The minimum absolute atomic E-state index is 0.0400. The van der Waals surface area contributed by atoms with E-state index >= 15 is 0 Å². The van der Waals surface area contributed by atoms with Crippen molar-refractivity contribution in [3.8, 4) is 0 Å². The van der Waals surface area contributed by atoms with E-state index in [1.165, 1.54) is 28.3 Å². The molecular formula is C24H28N6O4S. The van der Waals surface area contributed by atoms with E-state index in [-0.39, 0.29) is 37.0 Å². The molecule has 2 amide bonds. The summed E-state index contributed by atoms with van der Waals surface area (Å²) in [4.78, 5) is 56.1. The number of rotatable bonds is 9. The smallest absolute Gasteiger partial charge is 0.330 e. The third kappa shape index (κ3) is 6.40. The molecule has 184 valence electrons. The summed E-state index contributed by atoms with van der Waals surface area (Å²) in [5, 5.41) is 2.84. The topological polar surface area (TPSA) is 134 Å². The molecule has 0 atom stereocenters. The number of para-hydroxylation sites is 1. The second-order valence-corrected chi connectivity index (χ2v) is 8.79. The number of anilines is 3. The van der Waals surface area contributed by atoms with Gasteiger partial charge in [-0.2, -0.15) is 0 Å². The third-order valence-corrected chi connectivity index (χ3v) is 6.10. The molecule has 0 fully saturated rings. The number of nitrogens with one attached hydrogen (secondary N) is 2. The first kappa shape index (κ1) is 25.8. The number of nitrogens with zero attached hydrogens (tertiary/aromatic N) is 3. The third-order valence-electron chi connectivity index (χ3n) is 5.31. The molecule has 0 saturated heterocycles. The highest BCUT2D eigenvalue weighted by atomic mass is 32.2. The van der Waals surface area contributed by atoms with Crippen molar-refractivity contribution in [2.75, 3.05) is 49.4 Å². The number of carbonyl (C=O) groups excluding carboxylic acids is 2. The summed E-state index contributed by atoms with van der Waals surface area (Å²) in [6.07, 6.45) is 1.92. The van der Waals surface area contributed by atoms with Gasteiger partial charge in [0.15, 0.2) is 5.69 Å². The number of H-pyrrole nitrogens is 1. The number of carbonyl (C=O) groups is 2. The molecule has 1 aromatic heterocycles. The largest absolute Gasteiger partial charge is 0.383 e. The quantitative estimate of drug-likeness (QED) is 0.382. The van der Waals surface area contributed by atoms with Gasteiger partial charge in [-0.1, -0.05) is 42.5 Å². The van der Waals surface area contributed by atoms with Crippen LogP contribution in [0, 0.1) is 0 Å². The maximum atomic E-state index is 12.9. The summed E-state index contributed by atoms with van der Waals surface area (Å²) >= 11 is 1.52. The lowest BCUT2D eigenvalue weighted by Gasteiger charge is -2.23. The molecule has 2 aromatic carbocycles. The summed E-state index contributed by atoms with van der Waals surface area (Å²) in [5.41, 5.74) is 6.11. The van der Waals surface area contributed by atoms with Crippen LogP contribution in [0.25, 0.3) is 0 Å². The van der Waals surface area contributed by atoms with Crippen molar-refractivity contribution < 1.29 is 9.59 Å². The van der Waals surface area contributed by atoms with Gasteiger partial charge in [-0.3, -0.25) is 28.8 Å². The van der Waals surface area contributed by atoms with Gasteiger partial charge in [0.1, 0.15) is 5.82 Å². The first-order valence-corrected chi connectivity index (χ1v) is 12.0. The van der Waals surface area contributed by atoms with Crippen LogP contribution in [0.1, 0.15) is 5.56 Å². The van der Waals surface area contributed by atoms with Crippen molar-refractivity contribution in [3.63, 3.8) is 0 Å². The Morgan fingerprint density at radius 2 is 1.69 bits per heavy atom. The Morgan fingerprint density at radius 3 is 2.37 bits per heavy atom. The van der Waals surface area contributed by atoms with E-state index in [0.717, 1.165) is 15.4 Å². The van der Waals surface area contributed by atoms with Crippen LogP contribution < -0.4 is 27.2 Å². The van der Waals surface area contributed by atoms with Gasteiger partial charge in [0, 0.05) is 11.9 Å². The van der Waals surface area contributed by atoms with Crippen LogP contribution >= 0.6 is 11.8 Å². The van der Waals surface area contributed by atoms with Crippen molar-refractivity contribution in [2.45, 2.75) is 11.4 Å². The monoisotopic (exact) mass is 496 g/mol. The molecule has 35 heavy (non-hydrogen) atoms. The molecule has 0 aliphatic carbocycles. The summed E-state index contributed by atoms with van der Waals surface area (Å²) < 4.78 is 1.20. The lowest BCUT2D eigenvalue weighted by atomic mass is 10.2. The summed E-state index contributed by atoms with van der Waals surface area (Å²) in [5.74, 6) is -0.863. The van der Waals surface area contributed by atoms with Crippen LogP contribution in [0.2, 0.25) is 0 Å². The molecule has 10 nitrogen and oxygen atoms in total. The van der Waals surface area contributed by atoms with Gasteiger partial charge in [0.05, 0.1) is 25.3 Å². The van der Waals surface area contributed by atoms with E-state index in [2.05, 4.69) is 10.3 Å². The predicted molar refractivity (Wildman–Crippen MR) is 139 cm³/mol. The standard InChI is InChI=1S/C24H28N6O4S/c1-28(14-19(31)26-17-11-7-8-12-18(17)35-3)15-20(32)29(2)21-22(25)30(24(34)27-23(21)33)13-16-9-5-4-6-10-16/h4-12H,13-15,25H2,1-3H3,(H,26,31)(H,27,33,34). The number of aromatic amines is 1. The fourth-order valence-electron chi connectivity index (χ4n) is 3.52. The van der Waals surface area contributed by atoms with Gasteiger partial charge >= 0.3 is 5.69 Å². The molecule has 0 aliphatic heterocycles. The number of nitrogens with two attached hydrogens (primary N) is 1.